The first-order chi connectivity index (χ1) is 17.1. The van der Waals surface area contributed by atoms with Crippen LogP contribution in [0.2, 0.25) is 0 Å². The fourth-order valence-electron chi connectivity index (χ4n) is 3.46. The summed E-state index contributed by atoms with van der Waals surface area (Å²) in [6.07, 6.45) is 5.09. The third-order valence-corrected chi connectivity index (χ3v) is 5.20. The number of aliphatic hydroxyl groups excluding tert-OH is 1. The Morgan fingerprint density at radius 1 is 1.06 bits per heavy atom. The topological polar surface area (TPSA) is 89.4 Å². The normalized spacial score (nSPS) is 12.5. The first kappa shape index (κ1) is 30.2. The standard InChI is InChI=1S/C18H19FN4O2.C5H11N.C2H6.CH3F/c1-25-16-7-6-14(10-21-16)23-17(19)15(11-24)22-18(23)13-4-2-12(3-5-13)8-9-20;1-6-4-2-3-5-6;2*1-2/h2-7,10,24H,8-9,11,20H2,1H3;2-5H2,1H3;1-2H3;1H3. The molecule has 1 aliphatic heterocycles. The smallest absolute Gasteiger partial charge is 0.224 e. The molecule has 0 unspecified atom stereocenters. The van der Waals surface area contributed by atoms with E-state index in [2.05, 4.69) is 21.9 Å². The molecule has 0 bridgehead atoms. The van der Waals surface area contributed by atoms with Crippen LogP contribution in [-0.2, 0) is 13.0 Å². The molecule has 1 saturated heterocycles. The maximum absolute atomic E-state index is 14.7. The van der Waals surface area contributed by atoms with Gasteiger partial charge in [-0.2, -0.15) is 4.39 Å². The van der Waals surface area contributed by atoms with E-state index in [1.54, 1.807) is 12.1 Å². The van der Waals surface area contributed by atoms with Gasteiger partial charge in [-0.1, -0.05) is 38.1 Å². The molecule has 0 saturated carbocycles. The molecule has 0 radical (unpaired) electrons. The molecular weight excluding hydrogens is 452 g/mol. The second-order valence-corrected chi connectivity index (χ2v) is 7.47. The van der Waals surface area contributed by atoms with Crippen LogP contribution in [0.1, 0.15) is 37.9 Å². The number of nitrogens with zero attached hydrogens (tertiary/aromatic N) is 4. The van der Waals surface area contributed by atoms with Crippen LogP contribution >= 0.6 is 0 Å². The molecule has 194 valence electrons. The van der Waals surface area contributed by atoms with Crippen LogP contribution in [0.15, 0.2) is 42.6 Å². The largest absolute Gasteiger partial charge is 0.481 e. The zero-order valence-electron chi connectivity index (χ0n) is 21.5. The van der Waals surface area contributed by atoms with Crippen molar-refractivity contribution in [1.82, 2.24) is 19.4 Å². The van der Waals surface area contributed by atoms with Crippen molar-refractivity contribution in [3.8, 4) is 23.0 Å². The molecule has 1 aromatic carbocycles. The van der Waals surface area contributed by atoms with Gasteiger partial charge in [0.1, 0.15) is 11.5 Å². The van der Waals surface area contributed by atoms with Gasteiger partial charge in [-0.15, -0.1) is 0 Å². The Bertz CT molecular complexity index is 957. The third kappa shape index (κ3) is 8.69. The zero-order valence-corrected chi connectivity index (χ0v) is 21.5. The first-order valence-electron chi connectivity index (χ1n) is 11.8. The number of aliphatic hydroxyl groups is 1. The van der Waals surface area contributed by atoms with E-state index in [4.69, 9.17) is 10.5 Å². The molecular formula is C26H39F2N5O2. The lowest BCUT2D eigenvalue weighted by molar-refractivity contribution is 0.270. The van der Waals surface area contributed by atoms with Crippen molar-refractivity contribution in [2.75, 3.05) is 41.0 Å². The van der Waals surface area contributed by atoms with Crippen molar-refractivity contribution in [2.24, 2.45) is 5.73 Å². The minimum absolute atomic E-state index is 0.0168. The summed E-state index contributed by atoms with van der Waals surface area (Å²) in [6, 6.07) is 10.9. The summed E-state index contributed by atoms with van der Waals surface area (Å²) < 4.78 is 30.6. The average molecular weight is 492 g/mol. The Balaban J connectivity index is 0.000000519. The number of nitrogens with two attached hydrogens (primary N) is 1. The van der Waals surface area contributed by atoms with Gasteiger partial charge in [0.15, 0.2) is 0 Å². The molecule has 0 spiro atoms. The summed E-state index contributed by atoms with van der Waals surface area (Å²) in [6.45, 7) is 6.72. The van der Waals surface area contributed by atoms with Gasteiger partial charge < -0.3 is 20.5 Å². The molecule has 4 rings (SSSR count). The Morgan fingerprint density at radius 3 is 2.11 bits per heavy atom. The number of likely N-dealkylation sites (tertiary alicyclic amines) is 1. The number of hydrogen-bond acceptors (Lipinski definition) is 6. The Hall–Kier alpha value is -2.88. The lowest BCUT2D eigenvalue weighted by Crippen LogP contribution is -2.10. The molecule has 7 nitrogen and oxygen atoms in total. The summed E-state index contributed by atoms with van der Waals surface area (Å²) in [7, 11) is 4.19. The second-order valence-electron chi connectivity index (χ2n) is 7.47. The number of alkyl halides is 1. The quantitative estimate of drug-likeness (QED) is 0.531. The summed E-state index contributed by atoms with van der Waals surface area (Å²) in [5, 5.41) is 9.38. The van der Waals surface area contributed by atoms with Gasteiger partial charge in [-0.25, -0.2) is 9.97 Å². The first-order valence-corrected chi connectivity index (χ1v) is 11.8. The second kappa shape index (κ2) is 16.7. The monoisotopic (exact) mass is 491 g/mol. The van der Waals surface area contributed by atoms with Crippen LogP contribution in [0.5, 0.6) is 5.88 Å². The number of ether oxygens (including phenoxy) is 1. The Labute approximate surface area is 207 Å². The van der Waals surface area contributed by atoms with Crippen LogP contribution in [0.4, 0.5) is 8.78 Å². The van der Waals surface area contributed by atoms with E-state index in [1.807, 2.05) is 38.1 Å². The third-order valence-electron chi connectivity index (χ3n) is 5.20. The van der Waals surface area contributed by atoms with Gasteiger partial charge in [0.25, 0.3) is 0 Å². The summed E-state index contributed by atoms with van der Waals surface area (Å²) >= 11 is 0. The van der Waals surface area contributed by atoms with Gasteiger partial charge in [-0.3, -0.25) is 8.96 Å². The van der Waals surface area contributed by atoms with E-state index in [-0.39, 0.29) is 5.69 Å². The minimum Gasteiger partial charge on any atom is -0.481 e. The van der Waals surface area contributed by atoms with Crippen molar-refractivity contribution >= 4 is 0 Å². The lowest BCUT2D eigenvalue weighted by Gasteiger charge is -2.09. The number of rotatable bonds is 6. The van der Waals surface area contributed by atoms with E-state index in [0.29, 0.717) is 31.1 Å². The predicted octanol–water partition coefficient (Wildman–Crippen LogP) is 4.40. The summed E-state index contributed by atoms with van der Waals surface area (Å²) in [4.78, 5) is 10.7. The van der Waals surface area contributed by atoms with Crippen molar-refractivity contribution < 1.29 is 18.6 Å². The van der Waals surface area contributed by atoms with Gasteiger partial charge in [0.05, 0.1) is 32.8 Å². The highest BCUT2D eigenvalue weighted by Gasteiger charge is 2.19. The van der Waals surface area contributed by atoms with Gasteiger partial charge in [-0.05, 0) is 57.6 Å². The maximum Gasteiger partial charge on any atom is 0.224 e. The van der Waals surface area contributed by atoms with E-state index in [9.17, 15) is 13.9 Å². The van der Waals surface area contributed by atoms with Gasteiger partial charge in [0.2, 0.25) is 11.8 Å². The molecule has 2 aromatic heterocycles. The molecule has 0 aliphatic carbocycles. The maximum atomic E-state index is 14.7. The van der Waals surface area contributed by atoms with Gasteiger partial charge >= 0.3 is 0 Å². The number of methoxy groups -OCH3 is 1. The SMILES string of the molecule is CC.CF.CN1CCCC1.COc1ccc(-n2c(-c3ccc(CCN)cc3)nc(CO)c2F)cn1. The van der Waals surface area contributed by atoms with Crippen LogP contribution in [0.25, 0.3) is 17.1 Å². The number of benzene rings is 1. The van der Waals surface area contributed by atoms with Crippen molar-refractivity contribution in [3.05, 3.63) is 59.8 Å². The zero-order chi connectivity index (χ0) is 26.2. The van der Waals surface area contributed by atoms with Gasteiger partial charge in [0, 0.05) is 11.6 Å². The molecule has 3 heterocycles. The van der Waals surface area contributed by atoms with E-state index < -0.39 is 12.6 Å². The number of aromatic nitrogens is 3. The molecule has 9 heteroatoms. The fraction of sp³-hybridized carbons (Fsp3) is 0.462. The van der Waals surface area contributed by atoms with Crippen LogP contribution in [-0.4, -0.2) is 65.5 Å². The summed E-state index contributed by atoms with van der Waals surface area (Å²) in [5.41, 5.74) is 7.87. The van der Waals surface area contributed by atoms with E-state index in [1.165, 1.54) is 43.8 Å². The van der Waals surface area contributed by atoms with Crippen LogP contribution < -0.4 is 10.5 Å². The predicted molar refractivity (Wildman–Crippen MR) is 137 cm³/mol. The minimum atomic E-state index is -0.615. The molecule has 1 aliphatic rings. The molecule has 35 heavy (non-hydrogen) atoms. The van der Waals surface area contributed by atoms with Crippen LogP contribution in [0, 0.1) is 5.95 Å². The highest BCUT2D eigenvalue weighted by molar-refractivity contribution is 5.60. The highest BCUT2D eigenvalue weighted by atomic mass is 19.1. The van der Waals surface area contributed by atoms with Crippen molar-refractivity contribution in [2.45, 2.75) is 39.7 Å². The molecule has 0 atom stereocenters. The lowest BCUT2D eigenvalue weighted by atomic mass is 10.1. The summed E-state index contributed by atoms with van der Waals surface area (Å²) in [5.74, 6) is 0.211. The Morgan fingerprint density at radius 2 is 1.69 bits per heavy atom. The molecule has 0 amide bonds. The number of hydrogen-bond donors (Lipinski definition) is 2. The van der Waals surface area contributed by atoms with Crippen molar-refractivity contribution in [1.29, 1.82) is 0 Å². The Kier molecular flexibility index (Phi) is 14.4. The van der Waals surface area contributed by atoms with E-state index in [0.717, 1.165) is 17.5 Å². The van der Waals surface area contributed by atoms with E-state index >= 15 is 0 Å². The number of halogens is 2. The molecule has 3 aromatic rings. The molecule has 1 fully saturated rings. The fourth-order valence-corrected chi connectivity index (χ4v) is 3.46. The van der Waals surface area contributed by atoms with Crippen molar-refractivity contribution in [3.63, 3.8) is 0 Å². The van der Waals surface area contributed by atoms with Crippen LogP contribution in [0.3, 0.4) is 0 Å². The molecule has 3 N–H and O–H groups in total. The average Bonchev–Trinajstić information content (AvgIpc) is 3.53. The number of imidazole rings is 1. The highest BCUT2D eigenvalue weighted by Crippen LogP contribution is 2.26. The number of pyridine rings is 1.